The van der Waals surface area contributed by atoms with Gasteiger partial charge in [-0.1, -0.05) is 59.6 Å². The van der Waals surface area contributed by atoms with Crippen molar-refractivity contribution in [3.8, 4) is 5.75 Å². The van der Waals surface area contributed by atoms with Crippen LogP contribution in [0, 0.1) is 0 Å². The van der Waals surface area contributed by atoms with Gasteiger partial charge in [-0.25, -0.2) is 9.59 Å². The summed E-state index contributed by atoms with van der Waals surface area (Å²) in [6.07, 6.45) is 1.57. The number of carboxylic acid groups (broad SMARTS) is 1. The van der Waals surface area contributed by atoms with Crippen LogP contribution in [-0.2, 0) is 17.8 Å². The van der Waals surface area contributed by atoms with Crippen LogP contribution in [-0.4, -0.2) is 48.6 Å². The zero-order valence-electron chi connectivity index (χ0n) is 22.0. The summed E-state index contributed by atoms with van der Waals surface area (Å²) in [5.41, 5.74) is 2.90. The highest BCUT2D eigenvalue weighted by Crippen LogP contribution is 2.30. The minimum atomic E-state index is -1.47. The Kier molecular flexibility index (Phi) is 9.69. The standard InChI is InChI=1S/C29H28Cl2N4O6/c1-41-19-7-4-5-16(11-19)14-32-26(36)18-12-21(30)25(22(31)13-18)27(37)34-24(28(38)39)15-33-29(40)35-23-10-9-17-6-2-3-8-20(17)23/h2-8,11-13,23-24H,9-10,14-15H2,1H3,(H,32,36)(H,34,37)(H,38,39)(H2,33,35,40)/t23-,24+/m1/s1. The summed E-state index contributed by atoms with van der Waals surface area (Å²) >= 11 is 12.6. The number of benzene rings is 3. The number of fused-ring (bicyclic) bond motifs is 1. The average Bonchev–Trinajstić information content (AvgIpc) is 3.36. The van der Waals surface area contributed by atoms with E-state index in [0.717, 1.165) is 29.5 Å². The van der Waals surface area contributed by atoms with Crippen LogP contribution in [0.2, 0.25) is 10.0 Å². The van der Waals surface area contributed by atoms with Gasteiger partial charge in [-0.05, 0) is 53.8 Å². The summed E-state index contributed by atoms with van der Waals surface area (Å²) in [6, 6.07) is 15.3. The van der Waals surface area contributed by atoms with Crippen molar-refractivity contribution in [2.45, 2.75) is 31.5 Å². The molecule has 0 aliphatic heterocycles. The molecule has 12 heteroatoms. The second kappa shape index (κ2) is 13.4. The monoisotopic (exact) mass is 598 g/mol. The van der Waals surface area contributed by atoms with Gasteiger partial charge in [-0.15, -0.1) is 0 Å². The van der Waals surface area contributed by atoms with E-state index in [1.54, 1.807) is 25.3 Å². The number of amides is 4. The molecule has 214 valence electrons. The molecule has 1 aliphatic carbocycles. The fraction of sp³-hybridized carbons (Fsp3) is 0.241. The molecular formula is C29H28Cl2N4O6. The molecular weight excluding hydrogens is 571 g/mol. The van der Waals surface area contributed by atoms with Gasteiger partial charge in [0.05, 0.1) is 35.3 Å². The first-order valence-corrected chi connectivity index (χ1v) is 13.5. The van der Waals surface area contributed by atoms with Crippen LogP contribution in [0.1, 0.15) is 49.9 Å². The zero-order valence-corrected chi connectivity index (χ0v) is 23.5. The lowest BCUT2D eigenvalue weighted by atomic mass is 10.1. The first kappa shape index (κ1) is 29.7. The summed E-state index contributed by atoms with van der Waals surface area (Å²) in [5, 5.41) is 19.7. The number of urea groups is 1. The normalized spacial score (nSPS) is 14.4. The smallest absolute Gasteiger partial charge is 0.328 e. The molecule has 0 bridgehead atoms. The molecule has 0 aromatic heterocycles. The lowest BCUT2D eigenvalue weighted by molar-refractivity contribution is -0.139. The van der Waals surface area contributed by atoms with E-state index in [1.807, 2.05) is 30.3 Å². The van der Waals surface area contributed by atoms with Crippen molar-refractivity contribution in [3.63, 3.8) is 0 Å². The predicted octanol–water partition coefficient (Wildman–Crippen LogP) is 4.10. The molecule has 10 nitrogen and oxygen atoms in total. The third-order valence-electron chi connectivity index (χ3n) is 6.63. The van der Waals surface area contributed by atoms with Crippen molar-refractivity contribution in [3.05, 3.63) is 98.5 Å². The van der Waals surface area contributed by atoms with Gasteiger partial charge in [0.15, 0.2) is 0 Å². The first-order valence-electron chi connectivity index (χ1n) is 12.7. The van der Waals surface area contributed by atoms with Crippen LogP contribution in [0.25, 0.3) is 0 Å². The highest BCUT2D eigenvalue weighted by Gasteiger charge is 2.27. The lowest BCUT2D eigenvalue weighted by Crippen LogP contribution is -2.50. The Bertz CT molecular complexity index is 1460. The van der Waals surface area contributed by atoms with Gasteiger partial charge in [-0.3, -0.25) is 9.59 Å². The van der Waals surface area contributed by atoms with Crippen molar-refractivity contribution >= 4 is 47.0 Å². The molecule has 4 amide bonds. The Morgan fingerprint density at radius 1 is 0.976 bits per heavy atom. The topological polar surface area (TPSA) is 146 Å². The van der Waals surface area contributed by atoms with E-state index < -0.39 is 29.9 Å². The largest absolute Gasteiger partial charge is 0.497 e. The van der Waals surface area contributed by atoms with Crippen LogP contribution >= 0.6 is 23.2 Å². The Labute approximate surface area is 246 Å². The van der Waals surface area contributed by atoms with E-state index in [1.165, 1.54) is 12.1 Å². The van der Waals surface area contributed by atoms with Gasteiger partial charge in [0.25, 0.3) is 11.8 Å². The number of carbonyl (C=O) groups is 4. The minimum Gasteiger partial charge on any atom is -0.497 e. The van der Waals surface area contributed by atoms with Crippen molar-refractivity contribution in [2.24, 2.45) is 0 Å². The molecule has 3 aromatic carbocycles. The first-order chi connectivity index (χ1) is 19.7. The number of aliphatic carboxylic acids is 1. The van der Waals surface area contributed by atoms with Crippen LogP contribution < -0.4 is 26.0 Å². The SMILES string of the molecule is COc1cccc(CNC(=O)c2cc(Cl)c(C(=O)N[C@@H](CNC(=O)N[C@@H]3CCc4ccccc43)C(=O)O)c(Cl)c2)c1. The van der Waals surface area contributed by atoms with Crippen LogP contribution in [0.4, 0.5) is 4.79 Å². The summed E-state index contributed by atoms with van der Waals surface area (Å²) in [7, 11) is 1.54. The van der Waals surface area contributed by atoms with E-state index in [-0.39, 0.29) is 40.3 Å². The maximum Gasteiger partial charge on any atom is 0.328 e. The number of carboxylic acids is 1. The Hall–Kier alpha value is -4.28. The summed E-state index contributed by atoms with van der Waals surface area (Å²) in [6.45, 7) is -0.178. The highest BCUT2D eigenvalue weighted by atomic mass is 35.5. The summed E-state index contributed by atoms with van der Waals surface area (Å²) < 4.78 is 5.17. The van der Waals surface area contributed by atoms with Gasteiger partial charge in [0.1, 0.15) is 11.8 Å². The average molecular weight is 599 g/mol. The third-order valence-corrected chi connectivity index (χ3v) is 7.22. The van der Waals surface area contributed by atoms with E-state index in [4.69, 9.17) is 27.9 Å². The van der Waals surface area contributed by atoms with E-state index in [0.29, 0.717) is 5.75 Å². The second-order valence-electron chi connectivity index (χ2n) is 9.36. The van der Waals surface area contributed by atoms with E-state index >= 15 is 0 Å². The number of aryl methyl sites for hydroxylation is 1. The molecule has 3 aromatic rings. The number of halogens is 2. The zero-order chi connectivity index (χ0) is 29.5. The van der Waals surface area contributed by atoms with E-state index in [2.05, 4.69) is 21.3 Å². The predicted molar refractivity (Wildman–Crippen MR) is 154 cm³/mol. The number of methoxy groups -OCH3 is 1. The maximum absolute atomic E-state index is 12.9. The maximum atomic E-state index is 12.9. The molecule has 4 rings (SSSR count). The molecule has 0 saturated carbocycles. The van der Waals surface area contributed by atoms with Crippen molar-refractivity contribution in [2.75, 3.05) is 13.7 Å². The Morgan fingerprint density at radius 3 is 2.41 bits per heavy atom. The number of ether oxygens (including phenoxy) is 1. The number of rotatable bonds is 10. The Morgan fingerprint density at radius 2 is 1.71 bits per heavy atom. The fourth-order valence-corrected chi connectivity index (χ4v) is 5.19. The molecule has 2 atom stereocenters. The van der Waals surface area contributed by atoms with Gasteiger partial charge >= 0.3 is 12.0 Å². The molecule has 0 fully saturated rings. The molecule has 0 spiro atoms. The van der Waals surface area contributed by atoms with Crippen LogP contribution in [0.5, 0.6) is 5.75 Å². The molecule has 5 N–H and O–H groups in total. The number of hydrogen-bond acceptors (Lipinski definition) is 5. The quantitative estimate of drug-likeness (QED) is 0.237. The Balaban J connectivity index is 1.35. The molecule has 0 heterocycles. The number of nitrogens with one attached hydrogen (secondary N) is 4. The molecule has 0 radical (unpaired) electrons. The number of carbonyl (C=O) groups excluding carboxylic acids is 3. The van der Waals surface area contributed by atoms with E-state index in [9.17, 15) is 24.3 Å². The second-order valence-corrected chi connectivity index (χ2v) is 10.2. The van der Waals surface area contributed by atoms with Crippen molar-refractivity contribution < 1.29 is 29.0 Å². The molecule has 1 aliphatic rings. The van der Waals surface area contributed by atoms with Gasteiger partial charge in [-0.2, -0.15) is 0 Å². The third kappa shape index (κ3) is 7.47. The van der Waals surface area contributed by atoms with Crippen molar-refractivity contribution in [1.29, 1.82) is 0 Å². The fourth-order valence-electron chi connectivity index (χ4n) is 4.53. The van der Waals surface area contributed by atoms with Crippen molar-refractivity contribution in [1.82, 2.24) is 21.3 Å². The van der Waals surface area contributed by atoms with Crippen LogP contribution in [0.15, 0.2) is 60.7 Å². The molecule has 0 unspecified atom stereocenters. The molecule has 41 heavy (non-hydrogen) atoms. The minimum absolute atomic E-state index is 0.112. The van der Waals surface area contributed by atoms with Gasteiger partial charge < -0.3 is 31.1 Å². The summed E-state index contributed by atoms with van der Waals surface area (Å²) in [5.74, 6) is -2.08. The lowest BCUT2D eigenvalue weighted by Gasteiger charge is -2.19. The highest BCUT2D eigenvalue weighted by molar-refractivity contribution is 6.40. The van der Waals surface area contributed by atoms with Gasteiger partial charge in [0.2, 0.25) is 0 Å². The summed E-state index contributed by atoms with van der Waals surface area (Å²) in [4.78, 5) is 49.9. The number of hydrogen-bond donors (Lipinski definition) is 5. The van der Waals surface area contributed by atoms with Gasteiger partial charge in [0, 0.05) is 12.1 Å². The molecule has 0 saturated heterocycles. The van der Waals surface area contributed by atoms with Crippen LogP contribution in [0.3, 0.4) is 0 Å².